The second-order valence-electron chi connectivity index (χ2n) is 12.6. The summed E-state index contributed by atoms with van der Waals surface area (Å²) >= 11 is 0. The van der Waals surface area contributed by atoms with Crippen molar-refractivity contribution >= 4 is 5.97 Å². The van der Waals surface area contributed by atoms with Crippen LogP contribution in [-0.2, 0) is 28.5 Å². The molecule has 0 bridgehead atoms. The number of aliphatic hydroxyl groups is 1. The smallest absolute Gasteiger partial charge is 0.305 e. The highest BCUT2D eigenvalue weighted by molar-refractivity contribution is 5.69. The third-order valence-corrected chi connectivity index (χ3v) is 8.88. The molecule has 6 unspecified atom stereocenters. The highest BCUT2D eigenvalue weighted by atomic mass is 16.8. The zero-order chi connectivity index (χ0) is 31.5. The van der Waals surface area contributed by atoms with Gasteiger partial charge in [-0.15, -0.1) is 0 Å². The van der Waals surface area contributed by atoms with E-state index in [-0.39, 0.29) is 12.6 Å². The van der Waals surface area contributed by atoms with Crippen LogP contribution in [-0.4, -0.2) is 48.7 Å². The van der Waals surface area contributed by atoms with E-state index in [1.807, 2.05) is 60.7 Å². The number of aliphatic hydroxyl groups excluding tert-OH is 1. The Morgan fingerprint density at radius 3 is 1.78 bits per heavy atom. The zero-order valence-electron chi connectivity index (χ0n) is 27.4. The number of benzene rings is 2. The van der Waals surface area contributed by atoms with Gasteiger partial charge in [-0.2, -0.15) is 0 Å². The van der Waals surface area contributed by atoms with Crippen molar-refractivity contribution < 1.29 is 33.6 Å². The lowest BCUT2D eigenvalue weighted by molar-refractivity contribution is -0.373. The summed E-state index contributed by atoms with van der Waals surface area (Å²) < 4.78 is 30.3. The Morgan fingerprint density at radius 2 is 1.22 bits per heavy atom. The van der Waals surface area contributed by atoms with Crippen molar-refractivity contribution in [3.8, 4) is 0 Å². The Labute approximate surface area is 270 Å². The lowest BCUT2D eigenvalue weighted by atomic mass is 9.99. The van der Waals surface area contributed by atoms with Crippen molar-refractivity contribution in [3.63, 3.8) is 0 Å². The first-order valence-electron chi connectivity index (χ1n) is 17.7. The van der Waals surface area contributed by atoms with E-state index in [9.17, 15) is 9.90 Å². The normalized spacial score (nSPS) is 23.7. The van der Waals surface area contributed by atoms with E-state index in [0.717, 1.165) is 30.4 Å². The van der Waals surface area contributed by atoms with Crippen LogP contribution in [0.4, 0.5) is 0 Å². The molecule has 45 heavy (non-hydrogen) atoms. The average molecular weight is 625 g/mol. The minimum atomic E-state index is -1.08. The van der Waals surface area contributed by atoms with Crippen LogP contribution in [0.2, 0.25) is 0 Å². The highest BCUT2D eigenvalue weighted by Crippen LogP contribution is 2.39. The monoisotopic (exact) mass is 624 g/mol. The van der Waals surface area contributed by atoms with Gasteiger partial charge in [-0.25, -0.2) is 0 Å². The minimum absolute atomic E-state index is 0.160. The number of hydrogen-bond acceptors (Lipinski definition) is 7. The molecule has 2 heterocycles. The van der Waals surface area contributed by atoms with E-state index < -0.39 is 37.0 Å². The van der Waals surface area contributed by atoms with Crippen molar-refractivity contribution in [1.29, 1.82) is 0 Å². The van der Waals surface area contributed by atoms with Crippen LogP contribution >= 0.6 is 0 Å². The summed E-state index contributed by atoms with van der Waals surface area (Å²) in [5.41, 5.74) is 1.72. The molecule has 2 aliphatic heterocycles. The number of unbranched alkanes of at least 4 members (excludes halogenated alkanes) is 14. The fraction of sp³-hybridized carbons (Fsp3) is 0.658. The van der Waals surface area contributed by atoms with E-state index in [4.69, 9.17) is 23.7 Å². The first-order valence-corrected chi connectivity index (χ1v) is 17.7. The standard InChI is InChI=1S/C38H56O7/c1-2-3-4-5-6-7-8-9-10-11-12-13-14-15-22-27-34(40)41-28-32(39)35-36-33(43-38(44-35)31-25-20-17-21-26-31)29-42-37(45-36)30-23-18-16-19-24-30/h16-21,23-26,32-33,35-39H,2-15,22,27-29H2,1H3. The minimum Gasteiger partial charge on any atom is -0.463 e. The second-order valence-corrected chi connectivity index (χ2v) is 12.6. The van der Waals surface area contributed by atoms with E-state index in [1.54, 1.807) is 0 Å². The number of fused-ring (bicyclic) bond motifs is 1. The van der Waals surface area contributed by atoms with Crippen LogP contribution in [0, 0.1) is 0 Å². The zero-order valence-corrected chi connectivity index (χ0v) is 27.4. The van der Waals surface area contributed by atoms with Gasteiger partial charge < -0.3 is 28.8 Å². The molecule has 1 N–H and O–H groups in total. The molecule has 2 saturated heterocycles. The van der Waals surface area contributed by atoms with Gasteiger partial charge in [-0.05, 0) is 6.42 Å². The first-order chi connectivity index (χ1) is 22.2. The maximum Gasteiger partial charge on any atom is 0.305 e. The van der Waals surface area contributed by atoms with Crippen molar-refractivity contribution in [3.05, 3.63) is 71.8 Å². The molecule has 0 spiro atoms. The van der Waals surface area contributed by atoms with Crippen molar-refractivity contribution in [2.45, 2.75) is 147 Å². The summed E-state index contributed by atoms with van der Waals surface area (Å²) in [7, 11) is 0. The Kier molecular flexibility index (Phi) is 16.4. The fourth-order valence-corrected chi connectivity index (χ4v) is 6.21. The first kappa shape index (κ1) is 35.6. The van der Waals surface area contributed by atoms with E-state index in [1.165, 1.54) is 77.0 Å². The van der Waals surface area contributed by atoms with Gasteiger partial charge in [0.2, 0.25) is 0 Å². The predicted octanol–water partition coefficient (Wildman–Crippen LogP) is 8.75. The molecule has 250 valence electrons. The Morgan fingerprint density at radius 1 is 0.711 bits per heavy atom. The average Bonchev–Trinajstić information content (AvgIpc) is 3.09. The third-order valence-electron chi connectivity index (χ3n) is 8.88. The number of ether oxygens (including phenoxy) is 5. The quantitative estimate of drug-likeness (QED) is 0.110. The highest BCUT2D eigenvalue weighted by Gasteiger charge is 2.48. The largest absolute Gasteiger partial charge is 0.463 e. The number of rotatable bonds is 21. The van der Waals surface area contributed by atoms with Crippen molar-refractivity contribution in [1.82, 2.24) is 0 Å². The van der Waals surface area contributed by atoms with Gasteiger partial charge in [0.25, 0.3) is 0 Å². The summed E-state index contributed by atoms with van der Waals surface area (Å²) in [4.78, 5) is 12.5. The molecule has 2 aromatic rings. The summed E-state index contributed by atoms with van der Waals surface area (Å²) in [5, 5.41) is 11.2. The summed E-state index contributed by atoms with van der Waals surface area (Å²) in [6.45, 7) is 2.40. The fourth-order valence-electron chi connectivity index (χ4n) is 6.21. The summed E-state index contributed by atoms with van der Waals surface area (Å²) in [6.07, 6.45) is 15.4. The molecule has 2 fully saturated rings. The predicted molar refractivity (Wildman–Crippen MR) is 175 cm³/mol. The van der Waals surface area contributed by atoms with Gasteiger partial charge >= 0.3 is 5.97 Å². The van der Waals surface area contributed by atoms with Gasteiger partial charge in [0.15, 0.2) is 12.6 Å². The molecule has 2 aliphatic rings. The van der Waals surface area contributed by atoms with Crippen LogP contribution in [0.15, 0.2) is 60.7 Å². The topological polar surface area (TPSA) is 83.5 Å². The Balaban J connectivity index is 1.13. The van der Waals surface area contributed by atoms with Gasteiger partial charge in [0, 0.05) is 17.5 Å². The number of hydrogen-bond donors (Lipinski definition) is 1. The van der Waals surface area contributed by atoms with Gasteiger partial charge in [-0.1, -0.05) is 157 Å². The van der Waals surface area contributed by atoms with Crippen LogP contribution in [0.3, 0.4) is 0 Å². The molecule has 0 aliphatic carbocycles. The third kappa shape index (κ3) is 12.4. The van der Waals surface area contributed by atoms with Gasteiger partial charge in [-0.3, -0.25) is 4.79 Å². The number of carbonyl (C=O) groups is 1. The van der Waals surface area contributed by atoms with Gasteiger partial charge in [0.05, 0.1) is 6.61 Å². The maximum atomic E-state index is 12.5. The summed E-state index contributed by atoms with van der Waals surface area (Å²) in [5.74, 6) is -0.290. The van der Waals surface area contributed by atoms with E-state index in [0.29, 0.717) is 13.0 Å². The molecule has 0 saturated carbocycles. The summed E-state index contributed by atoms with van der Waals surface area (Å²) in [6, 6.07) is 19.3. The van der Waals surface area contributed by atoms with Crippen molar-refractivity contribution in [2.75, 3.05) is 13.2 Å². The molecular formula is C38H56O7. The molecule has 4 rings (SSSR count). The molecule has 0 radical (unpaired) electrons. The Bertz CT molecular complexity index is 1050. The van der Waals surface area contributed by atoms with Gasteiger partial charge in [0.1, 0.15) is 31.0 Å². The lowest BCUT2D eigenvalue weighted by Gasteiger charge is -2.47. The molecule has 7 heteroatoms. The van der Waals surface area contributed by atoms with Crippen LogP contribution < -0.4 is 0 Å². The molecular weight excluding hydrogens is 568 g/mol. The number of esters is 1. The lowest BCUT2D eigenvalue weighted by Crippen LogP contribution is -2.58. The second kappa shape index (κ2) is 20.8. The van der Waals surface area contributed by atoms with E-state index >= 15 is 0 Å². The Hall–Kier alpha value is -2.29. The van der Waals surface area contributed by atoms with E-state index in [2.05, 4.69) is 6.92 Å². The van der Waals surface area contributed by atoms with Crippen molar-refractivity contribution in [2.24, 2.45) is 0 Å². The van der Waals surface area contributed by atoms with Crippen LogP contribution in [0.1, 0.15) is 133 Å². The molecule has 7 nitrogen and oxygen atoms in total. The molecule has 0 aromatic heterocycles. The number of carbonyl (C=O) groups excluding carboxylic acids is 1. The molecule has 6 atom stereocenters. The SMILES string of the molecule is CCCCCCCCCCCCCCCCCC(=O)OCC(O)C1OC(c2ccccc2)OC2COC(c3ccccc3)OC21. The molecule has 0 amide bonds. The maximum absolute atomic E-state index is 12.5. The molecule has 2 aromatic carbocycles. The van der Waals surface area contributed by atoms with Crippen LogP contribution in [0.25, 0.3) is 0 Å². The van der Waals surface area contributed by atoms with Crippen LogP contribution in [0.5, 0.6) is 0 Å².